The summed E-state index contributed by atoms with van der Waals surface area (Å²) in [6.07, 6.45) is 9.51. The van der Waals surface area contributed by atoms with E-state index < -0.39 is 0 Å². The molecule has 3 aromatic rings. The first-order valence-corrected chi connectivity index (χ1v) is 10.2. The second-order valence-corrected chi connectivity index (χ2v) is 7.37. The van der Waals surface area contributed by atoms with E-state index in [4.69, 9.17) is 14.7 Å². The summed E-state index contributed by atoms with van der Waals surface area (Å²) < 4.78 is 5.98. The van der Waals surface area contributed by atoms with Crippen molar-refractivity contribution in [2.24, 2.45) is 0 Å². The highest BCUT2D eigenvalue weighted by atomic mass is 16.5. The van der Waals surface area contributed by atoms with Crippen molar-refractivity contribution in [3.05, 3.63) is 60.8 Å². The van der Waals surface area contributed by atoms with E-state index in [-0.39, 0.29) is 6.10 Å². The zero-order chi connectivity index (χ0) is 19.5. The normalized spacial score (nSPS) is 19.5. The lowest BCUT2D eigenvalue weighted by Crippen LogP contribution is -2.47. The van der Waals surface area contributed by atoms with Crippen LogP contribution < -0.4 is 9.80 Å². The summed E-state index contributed by atoms with van der Waals surface area (Å²) >= 11 is 0. The van der Waals surface area contributed by atoms with Gasteiger partial charge in [-0.1, -0.05) is 6.07 Å². The Hall–Kier alpha value is -3.06. The first kappa shape index (κ1) is 18.0. The van der Waals surface area contributed by atoms with E-state index in [0.29, 0.717) is 0 Å². The molecule has 148 valence electrons. The number of hydrogen-bond donors (Lipinski definition) is 0. The predicted molar refractivity (Wildman–Crippen MR) is 112 cm³/mol. The van der Waals surface area contributed by atoms with Crippen molar-refractivity contribution in [2.75, 3.05) is 42.6 Å². The third-order valence-corrected chi connectivity index (χ3v) is 5.57. The Bertz CT molecular complexity index is 938. The van der Waals surface area contributed by atoms with Gasteiger partial charge < -0.3 is 14.5 Å². The Balaban J connectivity index is 1.39. The van der Waals surface area contributed by atoms with Gasteiger partial charge in [0.2, 0.25) is 5.95 Å². The quantitative estimate of drug-likeness (QED) is 0.680. The lowest BCUT2D eigenvalue weighted by atomic mass is 10.0. The summed E-state index contributed by atoms with van der Waals surface area (Å²) in [5.41, 5.74) is 3.11. The molecule has 2 saturated heterocycles. The first-order valence-electron chi connectivity index (χ1n) is 10.2. The van der Waals surface area contributed by atoms with E-state index in [0.717, 1.165) is 74.2 Å². The summed E-state index contributed by atoms with van der Waals surface area (Å²) in [5.74, 6) is 1.81. The van der Waals surface area contributed by atoms with Gasteiger partial charge in [0, 0.05) is 63.1 Å². The molecule has 7 nitrogen and oxygen atoms in total. The van der Waals surface area contributed by atoms with Gasteiger partial charge in [-0.15, -0.1) is 0 Å². The van der Waals surface area contributed by atoms with Crippen molar-refractivity contribution in [2.45, 2.75) is 18.9 Å². The highest BCUT2D eigenvalue weighted by Crippen LogP contribution is 2.35. The van der Waals surface area contributed by atoms with Gasteiger partial charge >= 0.3 is 0 Å². The fourth-order valence-electron chi connectivity index (χ4n) is 4.01. The van der Waals surface area contributed by atoms with E-state index in [1.54, 1.807) is 12.4 Å². The summed E-state index contributed by atoms with van der Waals surface area (Å²) in [6.45, 7) is 4.35. The summed E-state index contributed by atoms with van der Waals surface area (Å²) in [6, 6.07) is 10.0. The van der Waals surface area contributed by atoms with Gasteiger partial charge in [0.25, 0.3) is 0 Å². The highest BCUT2D eigenvalue weighted by molar-refractivity contribution is 5.66. The summed E-state index contributed by atoms with van der Waals surface area (Å²) in [5, 5.41) is 0. The molecule has 0 saturated carbocycles. The van der Waals surface area contributed by atoms with Crippen LogP contribution in [0.1, 0.15) is 24.6 Å². The van der Waals surface area contributed by atoms with Crippen molar-refractivity contribution in [1.29, 1.82) is 0 Å². The molecular weight excluding hydrogens is 364 g/mol. The maximum atomic E-state index is 5.98. The Morgan fingerprint density at radius 2 is 1.72 bits per heavy atom. The van der Waals surface area contributed by atoms with Crippen LogP contribution in [0.25, 0.3) is 11.1 Å². The molecule has 1 atom stereocenters. The average Bonchev–Trinajstić information content (AvgIpc) is 3.35. The van der Waals surface area contributed by atoms with Crippen LogP contribution in [0.15, 0.2) is 55.1 Å². The number of piperazine rings is 1. The Morgan fingerprint density at radius 3 is 2.45 bits per heavy atom. The Morgan fingerprint density at radius 1 is 0.897 bits per heavy atom. The third-order valence-electron chi connectivity index (χ3n) is 5.57. The number of hydrogen-bond acceptors (Lipinski definition) is 7. The van der Waals surface area contributed by atoms with Crippen LogP contribution in [-0.4, -0.2) is 52.7 Å². The van der Waals surface area contributed by atoms with Crippen molar-refractivity contribution < 1.29 is 4.74 Å². The Kier molecular flexibility index (Phi) is 5.04. The van der Waals surface area contributed by atoms with Gasteiger partial charge in [0.15, 0.2) is 0 Å². The fourth-order valence-corrected chi connectivity index (χ4v) is 4.01. The fraction of sp³-hybridized carbons (Fsp3) is 0.364. The van der Waals surface area contributed by atoms with E-state index in [1.165, 1.54) is 0 Å². The van der Waals surface area contributed by atoms with Gasteiger partial charge in [-0.3, -0.25) is 4.98 Å². The van der Waals surface area contributed by atoms with E-state index in [1.807, 2.05) is 36.7 Å². The van der Waals surface area contributed by atoms with Crippen LogP contribution in [0.5, 0.6) is 0 Å². The minimum absolute atomic E-state index is 0.0368. The minimum Gasteiger partial charge on any atom is -0.372 e. The number of anilines is 2. The molecule has 2 fully saturated rings. The first-order chi connectivity index (χ1) is 14.4. The van der Waals surface area contributed by atoms with Gasteiger partial charge in [-0.25, -0.2) is 15.0 Å². The standard InChI is InChI=1S/C22H24N6O/c1-2-8-24-20(5-1)27-11-13-28(14-12-27)22-25-16-18(17-6-9-23-10-7-17)21(26-22)19-4-3-15-29-19/h1-2,5-10,16,19H,3-4,11-15H2/t19-/m0/s1. The van der Waals surface area contributed by atoms with Gasteiger partial charge in [0.1, 0.15) is 11.9 Å². The Labute approximate surface area is 170 Å². The second kappa shape index (κ2) is 8.13. The van der Waals surface area contributed by atoms with Crippen molar-refractivity contribution in [1.82, 2.24) is 19.9 Å². The zero-order valence-corrected chi connectivity index (χ0v) is 16.3. The third kappa shape index (κ3) is 3.78. The molecular formula is C22H24N6O. The number of ether oxygens (including phenoxy) is 1. The maximum Gasteiger partial charge on any atom is 0.225 e. The molecule has 0 spiro atoms. The topological polar surface area (TPSA) is 67.3 Å². The van der Waals surface area contributed by atoms with E-state index in [2.05, 4.69) is 25.8 Å². The molecule has 0 aliphatic carbocycles. The van der Waals surface area contributed by atoms with Crippen molar-refractivity contribution >= 4 is 11.8 Å². The molecule has 2 aliphatic rings. The number of nitrogens with zero attached hydrogens (tertiary/aromatic N) is 6. The maximum absolute atomic E-state index is 5.98. The molecule has 5 heterocycles. The molecule has 2 aliphatic heterocycles. The molecule has 5 rings (SSSR count). The molecule has 0 unspecified atom stereocenters. The van der Waals surface area contributed by atoms with E-state index in [9.17, 15) is 0 Å². The lowest BCUT2D eigenvalue weighted by Gasteiger charge is -2.35. The average molecular weight is 388 g/mol. The molecule has 3 aromatic heterocycles. The largest absolute Gasteiger partial charge is 0.372 e. The molecule has 29 heavy (non-hydrogen) atoms. The molecule has 0 N–H and O–H groups in total. The smallest absolute Gasteiger partial charge is 0.225 e. The second-order valence-electron chi connectivity index (χ2n) is 7.37. The molecule has 0 aromatic carbocycles. The molecule has 0 bridgehead atoms. The molecule has 0 radical (unpaired) electrons. The van der Waals surface area contributed by atoms with Crippen molar-refractivity contribution in [3.63, 3.8) is 0 Å². The van der Waals surface area contributed by atoms with Crippen LogP contribution in [0.3, 0.4) is 0 Å². The predicted octanol–water partition coefficient (Wildman–Crippen LogP) is 3.11. The monoisotopic (exact) mass is 388 g/mol. The van der Waals surface area contributed by atoms with Crippen molar-refractivity contribution in [3.8, 4) is 11.1 Å². The minimum atomic E-state index is 0.0368. The molecule has 7 heteroatoms. The van der Waals surface area contributed by atoms with Gasteiger partial charge in [-0.05, 0) is 42.7 Å². The van der Waals surface area contributed by atoms with Crippen LogP contribution in [0.2, 0.25) is 0 Å². The van der Waals surface area contributed by atoms with Gasteiger partial charge in [0.05, 0.1) is 5.69 Å². The van der Waals surface area contributed by atoms with Crippen LogP contribution in [-0.2, 0) is 4.74 Å². The van der Waals surface area contributed by atoms with Crippen LogP contribution >= 0.6 is 0 Å². The number of aromatic nitrogens is 4. The lowest BCUT2D eigenvalue weighted by molar-refractivity contribution is 0.109. The van der Waals surface area contributed by atoms with Crippen LogP contribution in [0.4, 0.5) is 11.8 Å². The summed E-state index contributed by atoms with van der Waals surface area (Å²) in [7, 11) is 0. The van der Waals surface area contributed by atoms with E-state index >= 15 is 0 Å². The number of pyridine rings is 2. The SMILES string of the molecule is c1ccc(N2CCN(c3ncc(-c4ccncc4)c([C@@H]4CCCO4)n3)CC2)nc1. The summed E-state index contributed by atoms with van der Waals surface area (Å²) in [4.78, 5) is 22.9. The molecule has 0 amide bonds. The highest BCUT2D eigenvalue weighted by Gasteiger charge is 2.26. The van der Waals surface area contributed by atoms with Crippen LogP contribution in [0, 0.1) is 0 Å². The van der Waals surface area contributed by atoms with Gasteiger partial charge in [-0.2, -0.15) is 0 Å². The number of rotatable bonds is 4. The zero-order valence-electron chi connectivity index (χ0n) is 16.3.